The van der Waals surface area contributed by atoms with E-state index in [1.54, 1.807) is 0 Å². The lowest BCUT2D eigenvalue weighted by Crippen LogP contribution is -2.19. The molecule has 0 saturated heterocycles. The van der Waals surface area contributed by atoms with Crippen LogP contribution in [0, 0.1) is 5.92 Å². The van der Waals surface area contributed by atoms with Gasteiger partial charge in [-0.2, -0.15) is 5.10 Å². The lowest BCUT2D eigenvalue weighted by atomic mass is 10.1. The second kappa shape index (κ2) is 9.11. The summed E-state index contributed by atoms with van der Waals surface area (Å²) in [6.45, 7) is 11.0. The second-order valence-corrected chi connectivity index (χ2v) is 5.02. The van der Waals surface area contributed by atoms with Gasteiger partial charge in [-0.15, -0.1) is 0 Å². The molecule has 0 saturated carbocycles. The van der Waals surface area contributed by atoms with Gasteiger partial charge in [0.15, 0.2) is 0 Å². The largest absolute Gasteiger partial charge is 0.380 e. The molecule has 18 heavy (non-hydrogen) atoms. The first kappa shape index (κ1) is 15.2. The van der Waals surface area contributed by atoms with Crippen LogP contribution < -0.4 is 5.32 Å². The summed E-state index contributed by atoms with van der Waals surface area (Å²) in [6, 6.07) is 2.07. The zero-order valence-electron chi connectivity index (χ0n) is 12.0. The molecule has 0 radical (unpaired) electrons. The van der Waals surface area contributed by atoms with Gasteiger partial charge in [-0.25, -0.2) is 0 Å². The summed E-state index contributed by atoms with van der Waals surface area (Å²) in [6.07, 6.45) is 4.15. The van der Waals surface area contributed by atoms with Crippen molar-refractivity contribution in [1.29, 1.82) is 0 Å². The molecule has 0 aliphatic rings. The SMILES string of the molecule is CCCNCc1ccnn1CCOCCC(C)C. The van der Waals surface area contributed by atoms with Crippen LogP contribution in [0.3, 0.4) is 0 Å². The van der Waals surface area contributed by atoms with E-state index in [-0.39, 0.29) is 0 Å². The molecule has 0 spiro atoms. The van der Waals surface area contributed by atoms with E-state index < -0.39 is 0 Å². The Balaban J connectivity index is 2.19. The van der Waals surface area contributed by atoms with Crippen molar-refractivity contribution in [2.75, 3.05) is 19.8 Å². The lowest BCUT2D eigenvalue weighted by Gasteiger charge is -2.09. The monoisotopic (exact) mass is 253 g/mol. The average Bonchev–Trinajstić information content (AvgIpc) is 2.76. The quantitative estimate of drug-likeness (QED) is 0.651. The second-order valence-electron chi connectivity index (χ2n) is 5.02. The van der Waals surface area contributed by atoms with Crippen LogP contribution in [0.2, 0.25) is 0 Å². The van der Waals surface area contributed by atoms with Crippen molar-refractivity contribution >= 4 is 0 Å². The molecule has 1 heterocycles. The lowest BCUT2D eigenvalue weighted by molar-refractivity contribution is 0.113. The van der Waals surface area contributed by atoms with Crippen LogP contribution >= 0.6 is 0 Å². The van der Waals surface area contributed by atoms with Gasteiger partial charge in [-0.05, 0) is 31.4 Å². The van der Waals surface area contributed by atoms with Crippen molar-refractivity contribution in [3.8, 4) is 0 Å². The van der Waals surface area contributed by atoms with Gasteiger partial charge >= 0.3 is 0 Å². The van der Waals surface area contributed by atoms with Crippen LogP contribution in [0.1, 0.15) is 39.3 Å². The molecule has 0 aromatic carbocycles. The van der Waals surface area contributed by atoms with Gasteiger partial charge in [-0.1, -0.05) is 20.8 Å². The Bertz CT molecular complexity index is 310. The molecule has 1 aromatic rings. The third-order valence-electron chi connectivity index (χ3n) is 2.82. The fourth-order valence-corrected chi connectivity index (χ4v) is 1.68. The number of rotatable bonds is 10. The Morgan fingerprint density at radius 2 is 2.22 bits per heavy atom. The Labute approximate surface area is 111 Å². The molecule has 0 atom stereocenters. The molecule has 104 valence electrons. The van der Waals surface area contributed by atoms with E-state index in [4.69, 9.17) is 4.74 Å². The van der Waals surface area contributed by atoms with E-state index in [2.05, 4.69) is 37.3 Å². The topological polar surface area (TPSA) is 39.1 Å². The predicted octanol–water partition coefficient (Wildman–Crippen LogP) is 2.45. The fraction of sp³-hybridized carbons (Fsp3) is 0.786. The summed E-state index contributed by atoms with van der Waals surface area (Å²) in [5.41, 5.74) is 1.23. The molecule has 1 N–H and O–H groups in total. The summed E-state index contributed by atoms with van der Waals surface area (Å²) in [7, 11) is 0. The van der Waals surface area contributed by atoms with Crippen LogP contribution in [0.25, 0.3) is 0 Å². The van der Waals surface area contributed by atoms with E-state index in [0.29, 0.717) is 5.92 Å². The molecule has 4 heteroatoms. The number of aromatic nitrogens is 2. The van der Waals surface area contributed by atoms with Crippen LogP contribution in [0.5, 0.6) is 0 Å². The third-order valence-corrected chi connectivity index (χ3v) is 2.82. The van der Waals surface area contributed by atoms with Crippen LogP contribution in [0.4, 0.5) is 0 Å². The van der Waals surface area contributed by atoms with Crippen molar-refractivity contribution < 1.29 is 4.74 Å². The fourth-order valence-electron chi connectivity index (χ4n) is 1.68. The molecular formula is C14H27N3O. The minimum atomic E-state index is 0.712. The molecule has 1 rings (SSSR count). The Hall–Kier alpha value is -0.870. The number of nitrogens with zero attached hydrogens (tertiary/aromatic N) is 2. The van der Waals surface area contributed by atoms with E-state index in [1.807, 2.05) is 10.9 Å². The maximum Gasteiger partial charge on any atom is 0.0662 e. The number of ether oxygens (including phenoxy) is 1. The molecule has 0 amide bonds. The highest BCUT2D eigenvalue weighted by Gasteiger charge is 2.01. The van der Waals surface area contributed by atoms with Crippen molar-refractivity contribution in [3.05, 3.63) is 18.0 Å². The van der Waals surface area contributed by atoms with Gasteiger partial charge in [0.1, 0.15) is 0 Å². The molecule has 4 nitrogen and oxygen atoms in total. The third kappa shape index (κ3) is 6.17. The van der Waals surface area contributed by atoms with Crippen LogP contribution in [-0.4, -0.2) is 29.5 Å². The number of nitrogens with one attached hydrogen (secondary N) is 1. The van der Waals surface area contributed by atoms with Gasteiger partial charge in [0.05, 0.1) is 18.8 Å². The van der Waals surface area contributed by atoms with Crippen LogP contribution in [0.15, 0.2) is 12.3 Å². The first-order valence-corrected chi connectivity index (χ1v) is 7.03. The van der Waals surface area contributed by atoms with Crippen molar-refractivity contribution in [2.45, 2.75) is 46.7 Å². The van der Waals surface area contributed by atoms with Crippen LogP contribution in [-0.2, 0) is 17.8 Å². The molecule has 0 aliphatic heterocycles. The number of hydrogen-bond donors (Lipinski definition) is 1. The van der Waals surface area contributed by atoms with Gasteiger partial charge < -0.3 is 10.1 Å². The summed E-state index contributed by atoms with van der Waals surface area (Å²) < 4.78 is 7.64. The maximum atomic E-state index is 5.62. The Morgan fingerprint density at radius 1 is 1.39 bits per heavy atom. The summed E-state index contributed by atoms with van der Waals surface area (Å²) in [5, 5.41) is 7.72. The smallest absolute Gasteiger partial charge is 0.0662 e. The van der Waals surface area contributed by atoms with E-state index in [1.165, 1.54) is 5.69 Å². The minimum absolute atomic E-state index is 0.712. The van der Waals surface area contributed by atoms with Gasteiger partial charge in [0.25, 0.3) is 0 Å². The standard InChI is InChI=1S/C14H27N3O/c1-4-7-15-12-14-5-8-16-17(14)9-11-18-10-6-13(2)3/h5,8,13,15H,4,6-7,9-12H2,1-3H3. The first-order chi connectivity index (χ1) is 8.74. The summed E-state index contributed by atoms with van der Waals surface area (Å²) in [5.74, 6) is 0.712. The van der Waals surface area contributed by atoms with E-state index in [9.17, 15) is 0 Å². The first-order valence-electron chi connectivity index (χ1n) is 7.03. The highest BCUT2D eigenvalue weighted by molar-refractivity contribution is 4.99. The van der Waals surface area contributed by atoms with Gasteiger partial charge in [0, 0.05) is 19.3 Å². The summed E-state index contributed by atoms with van der Waals surface area (Å²) >= 11 is 0. The number of hydrogen-bond acceptors (Lipinski definition) is 3. The highest BCUT2D eigenvalue weighted by Crippen LogP contribution is 2.01. The molecular weight excluding hydrogens is 226 g/mol. The molecule has 0 fully saturated rings. The van der Waals surface area contributed by atoms with Gasteiger partial charge in [-0.3, -0.25) is 4.68 Å². The molecule has 0 unspecified atom stereocenters. The van der Waals surface area contributed by atoms with Gasteiger partial charge in [0.2, 0.25) is 0 Å². The molecule has 1 aromatic heterocycles. The van der Waals surface area contributed by atoms with Crippen molar-refractivity contribution in [2.24, 2.45) is 5.92 Å². The normalized spacial score (nSPS) is 11.3. The molecule has 0 aliphatic carbocycles. The van der Waals surface area contributed by atoms with Crippen molar-refractivity contribution in [1.82, 2.24) is 15.1 Å². The average molecular weight is 253 g/mol. The highest BCUT2D eigenvalue weighted by atomic mass is 16.5. The maximum absolute atomic E-state index is 5.62. The zero-order valence-corrected chi connectivity index (χ0v) is 12.0. The minimum Gasteiger partial charge on any atom is -0.380 e. The summed E-state index contributed by atoms with van der Waals surface area (Å²) in [4.78, 5) is 0. The Kier molecular flexibility index (Phi) is 7.69. The van der Waals surface area contributed by atoms with Crippen molar-refractivity contribution in [3.63, 3.8) is 0 Å². The zero-order chi connectivity index (χ0) is 13.2. The Morgan fingerprint density at radius 3 is 2.94 bits per heavy atom. The molecule has 0 bridgehead atoms. The van der Waals surface area contributed by atoms with E-state index >= 15 is 0 Å². The predicted molar refractivity (Wildman–Crippen MR) is 74.5 cm³/mol. The van der Waals surface area contributed by atoms with E-state index in [0.717, 1.165) is 45.7 Å².